The quantitative estimate of drug-likeness (QED) is 0.842. The molecule has 23 heavy (non-hydrogen) atoms. The third-order valence-corrected chi connectivity index (χ3v) is 4.51. The van der Waals surface area contributed by atoms with E-state index in [1.54, 1.807) is 11.8 Å². The third-order valence-electron chi connectivity index (χ3n) is 4.51. The average Bonchev–Trinajstić information content (AvgIpc) is 2.75. The molecule has 1 aromatic carbocycles. The maximum atomic E-state index is 13.1. The van der Waals surface area contributed by atoms with Gasteiger partial charge in [-0.25, -0.2) is 0 Å². The number of amides is 1. The predicted octanol–water partition coefficient (Wildman–Crippen LogP) is 2.32. The van der Waals surface area contributed by atoms with Crippen LogP contribution in [0.2, 0.25) is 0 Å². The smallest absolute Gasteiger partial charge is 0.270 e. The number of fused-ring (bicyclic) bond motifs is 1. The largest absolute Gasteiger partial charge is 0.354 e. The second-order valence-electron chi connectivity index (χ2n) is 6.90. The van der Waals surface area contributed by atoms with Crippen LogP contribution in [0.3, 0.4) is 0 Å². The van der Waals surface area contributed by atoms with E-state index in [9.17, 15) is 10.1 Å². The fraction of sp³-hybridized carbons (Fsp3) is 0.500. The molecule has 1 fully saturated rings. The highest BCUT2D eigenvalue weighted by molar-refractivity contribution is 6.39. The molecule has 0 unspecified atom stereocenters. The number of benzene rings is 1. The van der Waals surface area contributed by atoms with Crippen LogP contribution in [0.1, 0.15) is 32.8 Å². The number of carbonyl (C=O) groups excluding carboxylic acids is 1. The van der Waals surface area contributed by atoms with Gasteiger partial charge in [-0.2, -0.15) is 5.26 Å². The van der Waals surface area contributed by atoms with E-state index in [1.807, 2.05) is 44.2 Å². The average molecular weight is 311 g/mol. The van der Waals surface area contributed by atoms with Gasteiger partial charge in [0.2, 0.25) is 0 Å². The van der Waals surface area contributed by atoms with E-state index in [4.69, 9.17) is 4.74 Å². The van der Waals surface area contributed by atoms with Crippen LogP contribution < -0.4 is 0 Å². The van der Waals surface area contributed by atoms with E-state index in [1.165, 1.54) is 0 Å². The van der Waals surface area contributed by atoms with Crippen molar-refractivity contribution in [3.8, 4) is 6.07 Å². The van der Waals surface area contributed by atoms with Gasteiger partial charge in [-0.1, -0.05) is 30.3 Å². The van der Waals surface area contributed by atoms with E-state index < -0.39 is 11.3 Å². The summed E-state index contributed by atoms with van der Waals surface area (Å²) in [5, 5.41) is 9.57. The molecule has 0 bridgehead atoms. The molecule has 2 aliphatic rings. The first-order valence-electron chi connectivity index (χ1n) is 7.86. The summed E-state index contributed by atoms with van der Waals surface area (Å²) in [5.41, 5.74) is -0.124. The Hall–Kier alpha value is -2.19. The van der Waals surface area contributed by atoms with Crippen LogP contribution in [0.15, 0.2) is 35.3 Å². The second-order valence-corrected chi connectivity index (χ2v) is 6.90. The number of aliphatic imine (C=N–C) groups is 1. The molecule has 0 aliphatic carbocycles. The molecule has 5 nitrogen and oxygen atoms in total. The van der Waals surface area contributed by atoms with Crippen molar-refractivity contribution < 1.29 is 9.53 Å². The molecule has 1 aromatic rings. The van der Waals surface area contributed by atoms with Crippen LogP contribution in [0.5, 0.6) is 0 Å². The van der Waals surface area contributed by atoms with E-state index in [0.717, 1.165) is 5.56 Å². The van der Waals surface area contributed by atoms with Gasteiger partial charge in [0.05, 0.1) is 18.7 Å². The van der Waals surface area contributed by atoms with E-state index in [2.05, 4.69) is 11.1 Å². The highest BCUT2D eigenvalue weighted by atomic mass is 16.5. The minimum Gasteiger partial charge on any atom is -0.354 e. The van der Waals surface area contributed by atoms with Gasteiger partial charge in [-0.05, 0) is 26.3 Å². The molecule has 0 saturated carbocycles. The monoisotopic (exact) mass is 311 g/mol. The Kier molecular flexibility index (Phi) is 3.73. The zero-order valence-electron chi connectivity index (χ0n) is 13.7. The lowest BCUT2D eigenvalue weighted by Crippen LogP contribution is -2.50. The molecule has 120 valence electrons. The summed E-state index contributed by atoms with van der Waals surface area (Å²) >= 11 is 0. The number of carbonyl (C=O) groups is 1. The molecule has 5 heteroatoms. The van der Waals surface area contributed by atoms with Crippen molar-refractivity contribution in [3.63, 3.8) is 0 Å². The fourth-order valence-electron chi connectivity index (χ4n) is 3.41. The van der Waals surface area contributed by atoms with Crippen molar-refractivity contribution in [1.29, 1.82) is 5.26 Å². The highest BCUT2D eigenvalue weighted by Gasteiger charge is 2.49. The summed E-state index contributed by atoms with van der Waals surface area (Å²) in [4.78, 5) is 19.4. The molecular formula is C18H21N3O2. The summed E-state index contributed by atoms with van der Waals surface area (Å²) in [7, 11) is 0. The maximum Gasteiger partial charge on any atom is 0.270 e. The summed E-state index contributed by atoms with van der Waals surface area (Å²) < 4.78 is 5.79. The Balaban J connectivity index is 2.01. The number of rotatable bonds is 2. The Labute approximate surface area is 136 Å². The van der Waals surface area contributed by atoms with Crippen molar-refractivity contribution in [2.45, 2.75) is 50.9 Å². The number of nitriles is 1. The molecule has 1 amide bonds. The molecule has 1 saturated heterocycles. The van der Waals surface area contributed by atoms with Crippen molar-refractivity contribution in [1.82, 2.24) is 4.90 Å². The van der Waals surface area contributed by atoms with Gasteiger partial charge in [0.25, 0.3) is 5.91 Å². The Morgan fingerprint density at radius 2 is 2.04 bits per heavy atom. The van der Waals surface area contributed by atoms with Crippen LogP contribution in [-0.2, 0) is 16.0 Å². The van der Waals surface area contributed by atoms with Crippen LogP contribution in [0.4, 0.5) is 0 Å². The molecule has 0 aromatic heterocycles. The minimum atomic E-state index is -0.900. The van der Waals surface area contributed by atoms with Crippen molar-refractivity contribution in [2.75, 3.05) is 6.61 Å². The molecule has 2 atom stereocenters. The van der Waals surface area contributed by atoms with Crippen LogP contribution >= 0.6 is 0 Å². The van der Waals surface area contributed by atoms with Gasteiger partial charge >= 0.3 is 0 Å². The van der Waals surface area contributed by atoms with Gasteiger partial charge < -0.3 is 9.64 Å². The molecule has 2 aliphatic heterocycles. The highest BCUT2D eigenvalue weighted by Crippen LogP contribution is 2.35. The SMILES string of the molecule is CC1(C)OC[C@@H]2C[C@](C)(C#N)N=C(Cc3ccccc3)C(=O)N21. The summed E-state index contributed by atoms with van der Waals surface area (Å²) in [6.45, 7) is 6.02. The maximum absolute atomic E-state index is 13.1. The Bertz CT molecular complexity index is 690. The minimum absolute atomic E-state index is 0.112. The third kappa shape index (κ3) is 2.87. The summed E-state index contributed by atoms with van der Waals surface area (Å²) in [5.74, 6) is -0.125. The molecule has 3 rings (SSSR count). The lowest BCUT2D eigenvalue weighted by Gasteiger charge is -2.33. The fourth-order valence-corrected chi connectivity index (χ4v) is 3.41. The first-order chi connectivity index (χ1) is 10.8. The first-order valence-corrected chi connectivity index (χ1v) is 7.86. The van der Waals surface area contributed by atoms with Gasteiger partial charge in [0, 0.05) is 12.8 Å². The lowest BCUT2D eigenvalue weighted by atomic mass is 9.95. The van der Waals surface area contributed by atoms with Gasteiger partial charge in [-0.15, -0.1) is 0 Å². The van der Waals surface area contributed by atoms with Crippen molar-refractivity contribution >= 4 is 11.6 Å². The molecule has 0 N–H and O–H groups in total. The zero-order valence-corrected chi connectivity index (χ0v) is 13.7. The predicted molar refractivity (Wildman–Crippen MR) is 86.9 cm³/mol. The topological polar surface area (TPSA) is 65.7 Å². The number of hydrogen-bond donors (Lipinski definition) is 0. The van der Waals surface area contributed by atoms with Crippen LogP contribution in [0.25, 0.3) is 0 Å². The van der Waals surface area contributed by atoms with Crippen LogP contribution in [-0.4, -0.2) is 40.4 Å². The van der Waals surface area contributed by atoms with Crippen LogP contribution in [0, 0.1) is 11.3 Å². The van der Waals surface area contributed by atoms with Crippen molar-refractivity contribution in [3.05, 3.63) is 35.9 Å². The van der Waals surface area contributed by atoms with E-state index in [-0.39, 0.29) is 11.9 Å². The Morgan fingerprint density at radius 1 is 1.35 bits per heavy atom. The Morgan fingerprint density at radius 3 is 2.70 bits per heavy atom. The standard InChI is InChI=1S/C18H21N3O2/c1-17(2)21-14(11-23-17)10-18(3,12-19)20-15(16(21)22)9-13-7-5-4-6-8-13/h4-8,14H,9-11H2,1-3H3/t14-,18+/m0/s1. The lowest BCUT2D eigenvalue weighted by molar-refractivity contribution is -0.138. The molecule has 2 heterocycles. The summed E-state index contributed by atoms with van der Waals surface area (Å²) in [6.07, 6.45) is 0.924. The van der Waals surface area contributed by atoms with Gasteiger partial charge in [0.15, 0.2) is 0 Å². The van der Waals surface area contributed by atoms with Gasteiger partial charge in [-0.3, -0.25) is 9.79 Å². The zero-order chi connectivity index (χ0) is 16.7. The molecule has 0 spiro atoms. The van der Waals surface area contributed by atoms with E-state index in [0.29, 0.717) is 25.2 Å². The van der Waals surface area contributed by atoms with Gasteiger partial charge in [0.1, 0.15) is 17.0 Å². The molecule has 0 radical (unpaired) electrons. The summed E-state index contributed by atoms with van der Waals surface area (Å²) in [6, 6.07) is 11.9. The number of ether oxygens (including phenoxy) is 1. The van der Waals surface area contributed by atoms with Crippen molar-refractivity contribution in [2.24, 2.45) is 4.99 Å². The normalized spacial score (nSPS) is 29.5. The molecular weight excluding hydrogens is 290 g/mol. The second kappa shape index (κ2) is 5.47. The number of hydrogen-bond acceptors (Lipinski definition) is 4. The van der Waals surface area contributed by atoms with E-state index >= 15 is 0 Å². The first kappa shape index (κ1) is 15.7. The number of nitrogens with zero attached hydrogens (tertiary/aromatic N) is 3.